The molecular weight excluding hydrogens is 314 g/mol. The molecule has 0 aliphatic carbocycles. The second-order valence-electron chi connectivity index (χ2n) is 4.94. The summed E-state index contributed by atoms with van der Waals surface area (Å²) in [7, 11) is 2.67. The van der Waals surface area contributed by atoms with Crippen LogP contribution in [0.5, 0.6) is 17.2 Å². The number of hydrogen-bond donors (Lipinski definition) is 0. The molecule has 1 aliphatic rings. The van der Waals surface area contributed by atoms with Crippen LogP contribution in [0.3, 0.4) is 0 Å². The third kappa shape index (κ3) is 2.45. The van der Waals surface area contributed by atoms with Crippen molar-refractivity contribution in [3.05, 3.63) is 63.4 Å². The number of nitro groups is 1. The van der Waals surface area contributed by atoms with Gasteiger partial charge in [0.05, 0.1) is 19.1 Å². The standard InChI is InChI=1S/C17H13NO6/c1-22-11-9-12(23-2)15(18(20)21)17-14(11)16(19)13(24-17)8-10-6-4-3-5-7-10/h3-9H,1-2H3/b13-8+. The summed E-state index contributed by atoms with van der Waals surface area (Å²) in [5.74, 6) is -0.524. The fourth-order valence-electron chi connectivity index (χ4n) is 2.48. The van der Waals surface area contributed by atoms with Crippen LogP contribution < -0.4 is 14.2 Å². The first-order chi connectivity index (χ1) is 11.6. The lowest BCUT2D eigenvalue weighted by Crippen LogP contribution is -2.01. The zero-order valence-electron chi connectivity index (χ0n) is 12.9. The van der Waals surface area contributed by atoms with E-state index in [0.29, 0.717) is 0 Å². The summed E-state index contributed by atoms with van der Waals surface area (Å²) < 4.78 is 15.7. The number of rotatable bonds is 4. The zero-order chi connectivity index (χ0) is 17.3. The maximum absolute atomic E-state index is 12.6. The van der Waals surface area contributed by atoms with Crippen molar-refractivity contribution in [1.82, 2.24) is 0 Å². The molecule has 122 valence electrons. The molecule has 24 heavy (non-hydrogen) atoms. The van der Waals surface area contributed by atoms with Gasteiger partial charge in [0.2, 0.25) is 17.3 Å². The number of benzene rings is 2. The molecule has 0 bridgehead atoms. The molecule has 0 atom stereocenters. The molecule has 0 amide bonds. The van der Waals surface area contributed by atoms with Gasteiger partial charge in [0.25, 0.3) is 0 Å². The summed E-state index contributed by atoms with van der Waals surface area (Å²) in [6.45, 7) is 0. The molecule has 0 saturated heterocycles. The molecule has 1 aliphatic heterocycles. The van der Waals surface area contributed by atoms with Crippen molar-refractivity contribution in [2.24, 2.45) is 0 Å². The van der Waals surface area contributed by atoms with Gasteiger partial charge in [-0.2, -0.15) is 0 Å². The normalized spacial score (nSPS) is 14.2. The molecule has 0 radical (unpaired) electrons. The van der Waals surface area contributed by atoms with Gasteiger partial charge in [-0.25, -0.2) is 0 Å². The first-order valence-electron chi connectivity index (χ1n) is 6.99. The van der Waals surface area contributed by atoms with Crippen LogP contribution in [-0.4, -0.2) is 24.9 Å². The second-order valence-corrected chi connectivity index (χ2v) is 4.94. The summed E-state index contributed by atoms with van der Waals surface area (Å²) in [6.07, 6.45) is 1.53. The molecule has 7 nitrogen and oxygen atoms in total. The molecule has 0 unspecified atom stereocenters. The van der Waals surface area contributed by atoms with E-state index in [0.717, 1.165) is 5.56 Å². The van der Waals surface area contributed by atoms with Gasteiger partial charge in [0.15, 0.2) is 5.76 Å². The topological polar surface area (TPSA) is 87.9 Å². The third-order valence-electron chi connectivity index (χ3n) is 3.57. The number of fused-ring (bicyclic) bond motifs is 1. The summed E-state index contributed by atoms with van der Waals surface area (Å²) in [6, 6.07) is 10.4. The highest BCUT2D eigenvalue weighted by molar-refractivity contribution is 6.17. The Labute approximate surface area is 137 Å². The first kappa shape index (κ1) is 15.5. The van der Waals surface area contributed by atoms with Crippen molar-refractivity contribution in [2.45, 2.75) is 0 Å². The minimum Gasteiger partial charge on any atom is -0.496 e. The van der Waals surface area contributed by atoms with E-state index in [-0.39, 0.29) is 28.6 Å². The average molecular weight is 327 g/mol. The van der Waals surface area contributed by atoms with Gasteiger partial charge in [-0.05, 0) is 11.6 Å². The highest BCUT2D eigenvalue weighted by Crippen LogP contribution is 2.49. The molecule has 0 aromatic heterocycles. The van der Waals surface area contributed by atoms with Crippen LogP contribution >= 0.6 is 0 Å². The summed E-state index contributed by atoms with van der Waals surface area (Å²) in [4.78, 5) is 23.4. The third-order valence-corrected chi connectivity index (χ3v) is 3.57. The van der Waals surface area contributed by atoms with Crippen LogP contribution in [0.4, 0.5) is 5.69 Å². The lowest BCUT2D eigenvalue weighted by molar-refractivity contribution is -0.386. The van der Waals surface area contributed by atoms with Crippen molar-refractivity contribution in [3.8, 4) is 17.2 Å². The van der Waals surface area contributed by atoms with Crippen LogP contribution in [0.1, 0.15) is 15.9 Å². The van der Waals surface area contributed by atoms with Crippen molar-refractivity contribution >= 4 is 17.5 Å². The molecule has 7 heteroatoms. The molecule has 3 rings (SSSR count). The van der Waals surface area contributed by atoms with Crippen LogP contribution in [0.25, 0.3) is 6.08 Å². The fraction of sp³-hybridized carbons (Fsp3) is 0.118. The number of ether oxygens (including phenoxy) is 3. The lowest BCUT2D eigenvalue weighted by Gasteiger charge is -2.08. The molecule has 2 aromatic rings. The van der Waals surface area contributed by atoms with Gasteiger partial charge in [-0.1, -0.05) is 30.3 Å². The van der Waals surface area contributed by atoms with Gasteiger partial charge < -0.3 is 14.2 Å². The largest absolute Gasteiger partial charge is 0.496 e. The molecular formula is C17H13NO6. The van der Waals surface area contributed by atoms with E-state index in [4.69, 9.17) is 14.2 Å². The van der Waals surface area contributed by atoms with Crippen molar-refractivity contribution < 1.29 is 23.9 Å². The quantitative estimate of drug-likeness (QED) is 0.487. The van der Waals surface area contributed by atoms with E-state index in [1.54, 1.807) is 12.1 Å². The minimum atomic E-state index is -0.643. The predicted molar refractivity (Wildman–Crippen MR) is 85.6 cm³/mol. The number of carbonyl (C=O) groups excluding carboxylic acids is 1. The van der Waals surface area contributed by atoms with E-state index in [1.807, 2.05) is 18.2 Å². The summed E-state index contributed by atoms with van der Waals surface area (Å²) >= 11 is 0. The first-order valence-corrected chi connectivity index (χ1v) is 6.99. The smallest absolute Gasteiger partial charge is 0.354 e. The molecule has 2 aromatic carbocycles. The maximum atomic E-state index is 12.6. The number of nitrogens with zero attached hydrogens (tertiary/aromatic N) is 1. The number of ketones is 1. The maximum Gasteiger partial charge on any atom is 0.354 e. The van der Waals surface area contributed by atoms with Crippen molar-refractivity contribution in [3.63, 3.8) is 0 Å². The monoisotopic (exact) mass is 327 g/mol. The summed E-state index contributed by atoms with van der Waals surface area (Å²) in [5.41, 5.74) is 0.354. The SMILES string of the molecule is COc1cc(OC)c([N+](=O)[O-])c2c1C(=O)/C(=C\c1ccccc1)O2. The number of carbonyl (C=O) groups is 1. The number of nitro benzene ring substituents is 1. The minimum absolute atomic E-state index is 0.00847. The molecule has 0 fully saturated rings. The fourth-order valence-corrected chi connectivity index (χ4v) is 2.48. The van der Waals surface area contributed by atoms with E-state index < -0.39 is 16.4 Å². The van der Waals surface area contributed by atoms with Crippen molar-refractivity contribution in [1.29, 1.82) is 0 Å². The van der Waals surface area contributed by atoms with Crippen LogP contribution in [-0.2, 0) is 0 Å². The Hall–Kier alpha value is -3.35. The number of methoxy groups -OCH3 is 2. The van der Waals surface area contributed by atoms with Crippen LogP contribution in [0.2, 0.25) is 0 Å². The molecule has 0 saturated carbocycles. The average Bonchev–Trinajstić information content (AvgIpc) is 2.90. The van der Waals surface area contributed by atoms with Crippen LogP contribution in [0, 0.1) is 10.1 Å². The van der Waals surface area contributed by atoms with E-state index in [1.165, 1.54) is 26.4 Å². The lowest BCUT2D eigenvalue weighted by atomic mass is 10.1. The zero-order valence-corrected chi connectivity index (χ0v) is 12.9. The van der Waals surface area contributed by atoms with Crippen molar-refractivity contribution in [2.75, 3.05) is 14.2 Å². The Morgan fingerprint density at radius 2 is 1.79 bits per heavy atom. The van der Waals surface area contributed by atoms with E-state index in [9.17, 15) is 14.9 Å². The highest BCUT2D eigenvalue weighted by atomic mass is 16.6. The van der Waals surface area contributed by atoms with Crippen LogP contribution in [0.15, 0.2) is 42.2 Å². The van der Waals surface area contributed by atoms with Gasteiger partial charge in [-0.3, -0.25) is 14.9 Å². The Bertz CT molecular complexity index is 857. The van der Waals surface area contributed by atoms with Gasteiger partial charge in [0.1, 0.15) is 11.3 Å². The number of Topliss-reactive ketones (excluding diaryl/α,β-unsaturated/α-hetero) is 1. The Morgan fingerprint density at radius 1 is 1.12 bits per heavy atom. The van der Waals surface area contributed by atoms with E-state index >= 15 is 0 Å². The Morgan fingerprint density at radius 3 is 2.38 bits per heavy atom. The molecule has 0 N–H and O–H groups in total. The second kappa shape index (κ2) is 6.04. The number of hydrogen-bond acceptors (Lipinski definition) is 6. The van der Waals surface area contributed by atoms with Gasteiger partial charge in [-0.15, -0.1) is 0 Å². The Kier molecular flexibility index (Phi) is 3.91. The molecule has 0 spiro atoms. The Balaban J connectivity index is 2.18. The number of allylic oxidation sites excluding steroid dienone is 1. The van der Waals surface area contributed by atoms with Gasteiger partial charge in [0, 0.05) is 6.07 Å². The highest BCUT2D eigenvalue weighted by Gasteiger charge is 2.40. The molecule has 1 heterocycles. The van der Waals surface area contributed by atoms with E-state index in [2.05, 4.69) is 0 Å². The predicted octanol–water partition coefficient (Wildman–Crippen LogP) is 3.23. The van der Waals surface area contributed by atoms with Gasteiger partial charge >= 0.3 is 5.69 Å². The summed E-state index contributed by atoms with van der Waals surface area (Å²) in [5, 5.41) is 11.4.